The maximum absolute atomic E-state index is 11.4. The lowest BCUT2D eigenvalue weighted by atomic mass is 9.85. The van der Waals surface area contributed by atoms with Crippen LogP contribution >= 0.6 is 0 Å². The number of rotatable bonds is 4. The third kappa shape index (κ3) is 4.10. The monoisotopic (exact) mass is 267 g/mol. The van der Waals surface area contributed by atoms with Gasteiger partial charge in [0.05, 0.1) is 0 Å². The highest BCUT2D eigenvalue weighted by Gasteiger charge is 2.30. The molecule has 2 amide bonds. The zero-order valence-electron chi connectivity index (χ0n) is 12.4. The van der Waals surface area contributed by atoms with Gasteiger partial charge in [0.2, 0.25) is 0 Å². The fraction of sp³-hybridized carbons (Fsp3) is 0.933. The second-order valence-electron chi connectivity index (χ2n) is 6.74. The molecule has 1 heterocycles. The van der Waals surface area contributed by atoms with Crippen molar-refractivity contribution in [3.63, 3.8) is 0 Å². The van der Waals surface area contributed by atoms with Gasteiger partial charge in [-0.3, -0.25) is 0 Å². The maximum Gasteiger partial charge on any atom is 0.314 e. The number of hydrogen-bond donors (Lipinski definition) is 2. The number of nitrogens with zero attached hydrogens (tertiary/aromatic N) is 1. The quantitative estimate of drug-likeness (QED) is 0.820. The number of urea groups is 1. The van der Waals surface area contributed by atoms with Crippen LogP contribution in [0.1, 0.15) is 46.0 Å². The van der Waals surface area contributed by atoms with Gasteiger partial charge < -0.3 is 16.0 Å². The molecule has 1 aliphatic heterocycles. The van der Waals surface area contributed by atoms with E-state index in [4.69, 9.17) is 5.73 Å². The molecule has 2 atom stereocenters. The Kier molecular flexibility index (Phi) is 5.08. The summed E-state index contributed by atoms with van der Waals surface area (Å²) in [6.45, 7) is 7.20. The van der Waals surface area contributed by atoms with Gasteiger partial charge in [0.1, 0.15) is 0 Å². The number of carbonyl (C=O) groups excluding carboxylic acids is 1. The van der Waals surface area contributed by atoms with Crippen LogP contribution in [0.4, 0.5) is 4.79 Å². The van der Waals surface area contributed by atoms with Gasteiger partial charge in [-0.1, -0.05) is 26.7 Å². The molecule has 1 saturated carbocycles. The lowest BCUT2D eigenvalue weighted by molar-refractivity contribution is 0.131. The number of amides is 2. The fourth-order valence-corrected chi connectivity index (χ4v) is 3.50. The summed E-state index contributed by atoms with van der Waals surface area (Å²) in [7, 11) is 0. The summed E-state index contributed by atoms with van der Waals surface area (Å²) < 4.78 is 0. The Morgan fingerprint density at radius 3 is 2.58 bits per heavy atom. The van der Waals surface area contributed by atoms with E-state index in [2.05, 4.69) is 19.2 Å². The van der Waals surface area contributed by atoms with Crippen molar-refractivity contribution in [1.29, 1.82) is 0 Å². The third-order valence-corrected chi connectivity index (χ3v) is 4.91. The molecule has 2 rings (SSSR count). The lowest BCUT2D eigenvalue weighted by Gasteiger charge is -2.39. The van der Waals surface area contributed by atoms with Crippen LogP contribution in [0.5, 0.6) is 0 Å². The van der Waals surface area contributed by atoms with Crippen molar-refractivity contribution in [3.05, 3.63) is 0 Å². The smallest absolute Gasteiger partial charge is 0.314 e. The highest BCUT2D eigenvalue weighted by molar-refractivity contribution is 5.72. The normalized spacial score (nSPS) is 29.1. The second-order valence-corrected chi connectivity index (χ2v) is 6.74. The number of carbonyl (C=O) groups is 1. The average Bonchev–Trinajstić information content (AvgIpc) is 2.89. The summed E-state index contributed by atoms with van der Waals surface area (Å²) in [6.07, 6.45) is 6.69. The first-order chi connectivity index (χ1) is 9.06. The highest BCUT2D eigenvalue weighted by atomic mass is 16.2. The van der Waals surface area contributed by atoms with Gasteiger partial charge in [-0.15, -0.1) is 0 Å². The Morgan fingerprint density at radius 1 is 1.32 bits per heavy atom. The molecule has 0 aromatic heterocycles. The van der Waals surface area contributed by atoms with Crippen LogP contribution in [0.3, 0.4) is 0 Å². The first-order valence-electron chi connectivity index (χ1n) is 7.84. The standard InChI is InChI=1S/C15H29N3O/c1-11(2)13-7-14(10-18(9-13)15(16)19)17-8-12-5-3-4-6-12/h11-14,17H,3-10H2,1-2H3,(H2,16,19). The zero-order chi connectivity index (χ0) is 13.8. The van der Waals surface area contributed by atoms with E-state index in [0.29, 0.717) is 17.9 Å². The van der Waals surface area contributed by atoms with Crippen molar-refractivity contribution in [1.82, 2.24) is 10.2 Å². The van der Waals surface area contributed by atoms with Crippen LogP contribution in [0.15, 0.2) is 0 Å². The average molecular weight is 267 g/mol. The SMILES string of the molecule is CC(C)C1CC(NCC2CCCC2)CN(C(N)=O)C1. The van der Waals surface area contributed by atoms with Gasteiger partial charge in [-0.2, -0.15) is 0 Å². The minimum absolute atomic E-state index is 0.266. The first kappa shape index (κ1) is 14.6. The Hall–Kier alpha value is -0.770. The molecule has 110 valence electrons. The zero-order valence-corrected chi connectivity index (χ0v) is 12.4. The van der Waals surface area contributed by atoms with Gasteiger partial charge in [-0.25, -0.2) is 4.79 Å². The Morgan fingerprint density at radius 2 is 2.00 bits per heavy atom. The number of piperidine rings is 1. The number of nitrogens with one attached hydrogen (secondary N) is 1. The van der Waals surface area contributed by atoms with Gasteiger partial charge in [0, 0.05) is 19.1 Å². The molecule has 19 heavy (non-hydrogen) atoms. The molecule has 4 heteroatoms. The Labute approximate surface area is 117 Å². The first-order valence-corrected chi connectivity index (χ1v) is 7.84. The molecule has 0 aromatic rings. The van der Waals surface area contributed by atoms with E-state index in [-0.39, 0.29) is 6.03 Å². The molecule has 1 aliphatic carbocycles. The van der Waals surface area contributed by atoms with Crippen molar-refractivity contribution < 1.29 is 4.79 Å². The van der Waals surface area contributed by atoms with E-state index < -0.39 is 0 Å². The van der Waals surface area contributed by atoms with Gasteiger partial charge in [-0.05, 0) is 43.6 Å². The van der Waals surface area contributed by atoms with E-state index >= 15 is 0 Å². The fourth-order valence-electron chi connectivity index (χ4n) is 3.50. The molecular weight excluding hydrogens is 238 g/mol. The molecule has 4 nitrogen and oxygen atoms in total. The molecule has 0 spiro atoms. The third-order valence-electron chi connectivity index (χ3n) is 4.91. The number of likely N-dealkylation sites (tertiary alicyclic amines) is 1. The van der Waals surface area contributed by atoms with Crippen molar-refractivity contribution >= 4 is 6.03 Å². The molecule has 0 aromatic carbocycles. The summed E-state index contributed by atoms with van der Waals surface area (Å²) in [4.78, 5) is 13.3. The van der Waals surface area contributed by atoms with Crippen molar-refractivity contribution in [2.45, 2.75) is 52.0 Å². The summed E-state index contributed by atoms with van der Waals surface area (Å²) >= 11 is 0. The Balaban J connectivity index is 1.85. The molecule has 0 radical (unpaired) electrons. The number of nitrogens with two attached hydrogens (primary N) is 1. The topological polar surface area (TPSA) is 58.4 Å². The van der Waals surface area contributed by atoms with Crippen LogP contribution in [0.25, 0.3) is 0 Å². The van der Waals surface area contributed by atoms with Crippen molar-refractivity contribution in [3.8, 4) is 0 Å². The largest absolute Gasteiger partial charge is 0.351 e. The maximum atomic E-state index is 11.4. The Bertz CT molecular complexity index is 300. The van der Waals surface area contributed by atoms with E-state index in [9.17, 15) is 4.79 Å². The molecule has 1 saturated heterocycles. The molecule has 0 bridgehead atoms. The van der Waals surface area contributed by atoms with Crippen LogP contribution in [0.2, 0.25) is 0 Å². The van der Waals surface area contributed by atoms with Gasteiger partial charge in [0.25, 0.3) is 0 Å². The molecule has 2 fully saturated rings. The second kappa shape index (κ2) is 6.60. The van der Waals surface area contributed by atoms with Crippen molar-refractivity contribution in [2.75, 3.05) is 19.6 Å². The van der Waals surface area contributed by atoms with Crippen molar-refractivity contribution in [2.24, 2.45) is 23.5 Å². The lowest BCUT2D eigenvalue weighted by Crippen LogP contribution is -2.54. The van der Waals surface area contributed by atoms with Crippen LogP contribution in [-0.2, 0) is 0 Å². The number of primary amides is 1. The predicted octanol–water partition coefficient (Wildman–Crippen LogP) is 2.19. The summed E-state index contributed by atoms with van der Waals surface area (Å²) in [5.74, 6) is 2.03. The van der Waals surface area contributed by atoms with E-state index in [1.807, 2.05) is 4.90 Å². The molecule has 2 aliphatic rings. The summed E-state index contributed by atoms with van der Waals surface area (Å²) in [5, 5.41) is 3.68. The number of hydrogen-bond acceptors (Lipinski definition) is 2. The summed E-state index contributed by atoms with van der Waals surface area (Å²) in [6, 6.07) is 0.160. The summed E-state index contributed by atoms with van der Waals surface area (Å²) in [5.41, 5.74) is 5.47. The predicted molar refractivity (Wildman–Crippen MR) is 77.9 cm³/mol. The molecule has 2 unspecified atom stereocenters. The van der Waals surface area contributed by atoms with Gasteiger partial charge in [0.15, 0.2) is 0 Å². The van der Waals surface area contributed by atoms with E-state index in [1.165, 1.54) is 32.1 Å². The van der Waals surface area contributed by atoms with E-state index in [0.717, 1.165) is 25.6 Å². The van der Waals surface area contributed by atoms with Crippen LogP contribution in [0, 0.1) is 17.8 Å². The van der Waals surface area contributed by atoms with E-state index in [1.54, 1.807) is 0 Å². The minimum atomic E-state index is -0.266. The van der Waals surface area contributed by atoms with Gasteiger partial charge >= 0.3 is 6.03 Å². The highest BCUT2D eigenvalue weighted by Crippen LogP contribution is 2.26. The minimum Gasteiger partial charge on any atom is -0.351 e. The molecular formula is C15H29N3O. The van der Waals surface area contributed by atoms with Crippen LogP contribution < -0.4 is 11.1 Å². The molecule has 3 N–H and O–H groups in total. The van der Waals surface area contributed by atoms with Crippen LogP contribution in [-0.4, -0.2) is 36.6 Å².